The summed E-state index contributed by atoms with van der Waals surface area (Å²) < 4.78 is 0. The van der Waals surface area contributed by atoms with E-state index in [1.54, 1.807) is 0 Å². The van der Waals surface area contributed by atoms with Crippen molar-refractivity contribution in [2.75, 3.05) is 42.5 Å². The van der Waals surface area contributed by atoms with E-state index in [9.17, 15) is 4.79 Å². The summed E-state index contributed by atoms with van der Waals surface area (Å²) in [5.74, 6) is 0. The lowest BCUT2D eigenvalue weighted by Crippen LogP contribution is -2.53. The Hall–Kier alpha value is -2.49. The van der Waals surface area contributed by atoms with E-state index in [1.807, 2.05) is 21.9 Å². The van der Waals surface area contributed by atoms with Crippen LogP contribution in [0.5, 0.6) is 0 Å². The standard InChI is InChI=1S/C20H23N3O/c24-20(23-12-6-8-17-7-4-5-11-19(17)23)22-15-13-21(14-16-22)18-9-2-1-3-10-18/h1-5,7,9-11H,6,8,12-16H2. The first-order valence-corrected chi connectivity index (χ1v) is 8.77. The molecule has 124 valence electrons. The minimum absolute atomic E-state index is 0.162. The summed E-state index contributed by atoms with van der Waals surface area (Å²) in [6.07, 6.45) is 2.12. The smallest absolute Gasteiger partial charge is 0.324 e. The van der Waals surface area contributed by atoms with Crippen molar-refractivity contribution in [2.24, 2.45) is 0 Å². The summed E-state index contributed by atoms with van der Waals surface area (Å²) in [6, 6.07) is 18.9. The molecule has 2 amide bonds. The third-order valence-electron chi connectivity index (χ3n) is 5.01. The summed E-state index contributed by atoms with van der Waals surface area (Å²) in [5, 5.41) is 0. The number of amides is 2. The number of piperazine rings is 1. The third-order valence-corrected chi connectivity index (χ3v) is 5.01. The molecule has 0 N–H and O–H groups in total. The summed E-state index contributed by atoms with van der Waals surface area (Å²) in [7, 11) is 0. The lowest BCUT2D eigenvalue weighted by Gasteiger charge is -2.39. The summed E-state index contributed by atoms with van der Waals surface area (Å²) in [5.41, 5.74) is 3.63. The topological polar surface area (TPSA) is 26.8 Å². The zero-order chi connectivity index (χ0) is 16.4. The van der Waals surface area contributed by atoms with Crippen molar-refractivity contribution in [2.45, 2.75) is 12.8 Å². The van der Waals surface area contributed by atoms with Gasteiger partial charge in [0.1, 0.15) is 0 Å². The Labute approximate surface area is 143 Å². The molecule has 0 unspecified atom stereocenters. The highest BCUT2D eigenvalue weighted by Crippen LogP contribution is 2.28. The number of hydrogen-bond acceptors (Lipinski definition) is 2. The quantitative estimate of drug-likeness (QED) is 0.805. The molecule has 4 rings (SSSR count). The van der Waals surface area contributed by atoms with Crippen LogP contribution in [-0.4, -0.2) is 43.7 Å². The van der Waals surface area contributed by atoms with E-state index in [0.717, 1.165) is 51.3 Å². The second-order valence-electron chi connectivity index (χ2n) is 6.48. The molecule has 2 heterocycles. The van der Waals surface area contributed by atoms with E-state index in [-0.39, 0.29) is 6.03 Å². The van der Waals surface area contributed by atoms with Gasteiger partial charge in [-0.15, -0.1) is 0 Å². The predicted octanol–water partition coefficient (Wildman–Crippen LogP) is 3.38. The van der Waals surface area contributed by atoms with E-state index in [1.165, 1.54) is 11.3 Å². The molecule has 2 aliphatic rings. The van der Waals surface area contributed by atoms with Gasteiger partial charge in [0.25, 0.3) is 0 Å². The van der Waals surface area contributed by atoms with Crippen molar-refractivity contribution in [3.05, 3.63) is 60.2 Å². The number of nitrogens with zero attached hydrogens (tertiary/aromatic N) is 3. The molecule has 2 aromatic rings. The number of fused-ring (bicyclic) bond motifs is 1. The molecule has 0 aromatic heterocycles. The number of para-hydroxylation sites is 2. The van der Waals surface area contributed by atoms with E-state index in [0.29, 0.717) is 0 Å². The second kappa shape index (κ2) is 6.56. The average molecular weight is 321 g/mol. The molecule has 2 aromatic carbocycles. The molecular weight excluding hydrogens is 298 g/mol. The minimum atomic E-state index is 0.162. The first kappa shape index (κ1) is 15.1. The molecule has 0 atom stereocenters. The highest BCUT2D eigenvalue weighted by molar-refractivity contribution is 5.93. The van der Waals surface area contributed by atoms with Gasteiger partial charge in [-0.25, -0.2) is 4.79 Å². The van der Waals surface area contributed by atoms with Gasteiger partial charge in [0.2, 0.25) is 0 Å². The maximum atomic E-state index is 13.0. The van der Waals surface area contributed by atoms with Gasteiger partial charge in [-0.1, -0.05) is 36.4 Å². The predicted molar refractivity (Wildman–Crippen MR) is 97.7 cm³/mol. The van der Waals surface area contributed by atoms with Crippen LogP contribution in [0.2, 0.25) is 0 Å². The molecular formula is C20H23N3O. The van der Waals surface area contributed by atoms with E-state index < -0.39 is 0 Å². The molecule has 2 aliphatic heterocycles. The average Bonchev–Trinajstić information content (AvgIpc) is 2.68. The fourth-order valence-electron chi connectivity index (χ4n) is 3.70. The van der Waals surface area contributed by atoms with Crippen molar-refractivity contribution >= 4 is 17.4 Å². The lowest BCUT2D eigenvalue weighted by atomic mass is 10.0. The van der Waals surface area contributed by atoms with Crippen LogP contribution in [-0.2, 0) is 6.42 Å². The summed E-state index contributed by atoms with van der Waals surface area (Å²) in [4.78, 5) is 19.3. The van der Waals surface area contributed by atoms with Crippen LogP contribution < -0.4 is 9.80 Å². The Morgan fingerprint density at radius 1 is 0.792 bits per heavy atom. The Balaban J connectivity index is 1.44. The van der Waals surface area contributed by atoms with Crippen LogP contribution in [0, 0.1) is 0 Å². The first-order valence-electron chi connectivity index (χ1n) is 8.77. The van der Waals surface area contributed by atoms with Gasteiger partial charge < -0.3 is 9.80 Å². The van der Waals surface area contributed by atoms with Crippen LogP contribution in [0.4, 0.5) is 16.2 Å². The van der Waals surface area contributed by atoms with Crippen LogP contribution in [0.25, 0.3) is 0 Å². The van der Waals surface area contributed by atoms with Crippen molar-refractivity contribution < 1.29 is 4.79 Å². The zero-order valence-electron chi connectivity index (χ0n) is 13.9. The Morgan fingerprint density at radius 3 is 2.29 bits per heavy atom. The SMILES string of the molecule is O=C(N1CCN(c2ccccc2)CC1)N1CCCc2ccccc21. The van der Waals surface area contributed by atoms with Gasteiger partial charge in [-0.05, 0) is 36.6 Å². The van der Waals surface area contributed by atoms with Gasteiger partial charge in [0.05, 0.1) is 0 Å². The van der Waals surface area contributed by atoms with Crippen LogP contribution in [0.1, 0.15) is 12.0 Å². The molecule has 0 saturated carbocycles. The monoisotopic (exact) mass is 321 g/mol. The fraction of sp³-hybridized carbons (Fsp3) is 0.350. The van der Waals surface area contributed by atoms with E-state index in [2.05, 4.69) is 47.4 Å². The normalized spacial score (nSPS) is 17.6. The summed E-state index contributed by atoms with van der Waals surface area (Å²) >= 11 is 0. The molecule has 4 heteroatoms. The van der Waals surface area contributed by atoms with Crippen LogP contribution >= 0.6 is 0 Å². The number of anilines is 2. The van der Waals surface area contributed by atoms with E-state index >= 15 is 0 Å². The maximum Gasteiger partial charge on any atom is 0.324 e. The molecule has 0 bridgehead atoms. The molecule has 24 heavy (non-hydrogen) atoms. The van der Waals surface area contributed by atoms with Crippen molar-refractivity contribution in [1.82, 2.24) is 4.90 Å². The second-order valence-corrected chi connectivity index (χ2v) is 6.48. The van der Waals surface area contributed by atoms with Gasteiger partial charge >= 0.3 is 6.03 Å². The minimum Gasteiger partial charge on any atom is -0.368 e. The molecule has 0 radical (unpaired) electrons. The van der Waals surface area contributed by atoms with Gasteiger partial charge in [-0.3, -0.25) is 4.90 Å². The molecule has 1 fully saturated rings. The number of urea groups is 1. The fourth-order valence-corrected chi connectivity index (χ4v) is 3.70. The van der Waals surface area contributed by atoms with Crippen LogP contribution in [0.3, 0.4) is 0 Å². The number of hydrogen-bond donors (Lipinski definition) is 0. The lowest BCUT2D eigenvalue weighted by molar-refractivity contribution is 0.200. The van der Waals surface area contributed by atoms with Gasteiger partial charge in [0.15, 0.2) is 0 Å². The van der Waals surface area contributed by atoms with Gasteiger partial charge in [-0.2, -0.15) is 0 Å². The largest absolute Gasteiger partial charge is 0.368 e. The van der Waals surface area contributed by atoms with Crippen molar-refractivity contribution in [3.63, 3.8) is 0 Å². The van der Waals surface area contributed by atoms with Crippen LogP contribution in [0.15, 0.2) is 54.6 Å². The Bertz CT molecular complexity index is 708. The zero-order valence-corrected chi connectivity index (χ0v) is 13.9. The third kappa shape index (κ3) is 2.84. The molecule has 1 saturated heterocycles. The number of aryl methyl sites for hydroxylation is 1. The Kier molecular flexibility index (Phi) is 4.11. The molecule has 0 aliphatic carbocycles. The molecule has 4 nitrogen and oxygen atoms in total. The number of benzene rings is 2. The molecule has 0 spiro atoms. The highest BCUT2D eigenvalue weighted by Gasteiger charge is 2.28. The van der Waals surface area contributed by atoms with Crippen molar-refractivity contribution in [3.8, 4) is 0 Å². The highest BCUT2D eigenvalue weighted by atomic mass is 16.2. The number of rotatable bonds is 1. The number of carbonyl (C=O) groups excluding carboxylic acids is 1. The number of carbonyl (C=O) groups is 1. The first-order chi connectivity index (χ1) is 11.8. The van der Waals surface area contributed by atoms with Gasteiger partial charge in [0, 0.05) is 44.1 Å². The maximum absolute atomic E-state index is 13.0. The van der Waals surface area contributed by atoms with Crippen molar-refractivity contribution in [1.29, 1.82) is 0 Å². The Morgan fingerprint density at radius 2 is 1.50 bits per heavy atom. The van der Waals surface area contributed by atoms with E-state index in [4.69, 9.17) is 0 Å². The summed E-state index contributed by atoms with van der Waals surface area (Å²) in [6.45, 7) is 4.18.